The van der Waals surface area contributed by atoms with Gasteiger partial charge >= 0.3 is 0 Å². The van der Waals surface area contributed by atoms with Crippen molar-refractivity contribution in [1.82, 2.24) is 0 Å². The van der Waals surface area contributed by atoms with E-state index in [0.717, 1.165) is 46.4 Å². The molecule has 2 aliphatic heterocycles. The van der Waals surface area contributed by atoms with Gasteiger partial charge in [0.1, 0.15) is 6.54 Å². The second-order valence-electron chi connectivity index (χ2n) is 8.27. The van der Waals surface area contributed by atoms with Crippen LogP contribution in [0, 0.1) is 5.21 Å². The van der Waals surface area contributed by atoms with Crippen molar-refractivity contribution in [1.29, 1.82) is 0 Å². The van der Waals surface area contributed by atoms with Crippen molar-refractivity contribution in [3.63, 3.8) is 0 Å². The standard InChI is InChI=1S/C24H27NO5/c1-27-20-8-7-15-19-13-25(26)9-5-6-14(25)10-16(19)17-11-21(28-2)22(29-3)12-18(17)23(15)24(20)30-4/h7-8,11-12,14H,5-6,9-10,13H2,1-4H3/t14-,25?/m1/s1. The second-order valence-corrected chi connectivity index (χ2v) is 8.27. The van der Waals surface area contributed by atoms with Gasteiger partial charge < -0.3 is 28.8 Å². The van der Waals surface area contributed by atoms with Crippen LogP contribution < -0.4 is 18.9 Å². The van der Waals surface area contributed by atoms with Gasteiger partial charge in [-0.25, -0.2) is 0 Å². The summed E-state index contributed by atoms with van der Waals surface area (Å²) < 4.78 is 22.5. The van der Waals surface area contributed by atoms with E-state index < -0.39 is 0 Å². The van der Waals surface area contributed by atoms with E-state index in [-0.39, 0.29) is 10.7 Å². The molecule has 6 nitrogen and oxygen atoms in total. The molecule has 0 amide bonds. The van der Waals surface area contributed by atoms with Crippen molar-refractivity contribution in [2.75, 3.05) is 35.0 Å². The van der Waals surface area contributed by atoms with E-state index in [4.69, 9.17) is 18.9 Å². The number of ether oxygens (including phenoxy) is 4. The lowest BCUT2D eigenvalue weighted by Crippen LogP contribution is -2.49. The largest absolute Gasteiger partial charge is 0.632 e. The normalized spacial score (nSPS) is 22.6. The molecule has 2 aliphatic rings. The third kappa shape index (κ3) is 2.57. The zero-order valence-electron chi connectivity index (χ0n) is 17.9. The van der Waals surface area contributed by atoms with E-state index in [0.29, 0.717) is 36.1 Å². The third-order valence-corrected chi connectivity index (χ3v) is 6.96. The van der Waals surface area contributed by atoms with Crippen molar-refractivity contribution in [2.45, 2.75) is 31.8 Å². The quantitative estimate of drug-likeness (QED) is 0.359. The van der Waals surface area contributed by atoms with Crippen LogP contribution in [0.3, 0.4) is 0 Å². The van der Waals surface area contributed by atoms with Crippen LogP contribution in [-0.2, 0) is 13.0 Å². The smallest absolute Gasteiger partial charge is 0.169 e. The molecule has 5 rings (SSSR count). The van der Waals surface area contributed by atoms with E-state index in [1.165, 1.54) is 5.56 Å². The molecule has 0 aliphatic carbocycles. The van der Waals surface area contributed by atoms with Crippen molar-refractivity contribution in [3.05, 3.63) is 40.6 Å². The van der Waals surface area contributed by atoms with Gasteiger partial charge in [0, 0.05) is 30.2 Å². The number of quaternary nitrogens is 1. The van der Waals surface area contributed by atoms with Gasteiger partial charge in [0.25, 0.3) is 0 Å². The molecule has 0 aromatic heterocycles. The molecule has 0 radical (unpaired) electrons. The van der Waals surface area contributed by atoms with Gasteiger partial charge in [0.15, 0.2) is 23.0 Å². The Hall–Kier alpha value is -2.70. The van der Waals surface area contributed by atoms with Crippen LogP contribution in [-0.4, -0.2) is 45.7 Å². The summed E-state index contributed by atoms with van der Waals surface area (Å²) in [6.07, 6.45) is 2.77. The lowest BCUT2D eigenvalue weighted by atomic mass is 9.84. The van der Waals surface area contributed by atoms with Crippen molar-refractivity contribution in [3.8, 4) is 23.0 Å². The summed E-state index contributed by atoms with van der Waals surface area (Å²) in [4.78, 5) is 0. The lowest BCUT2D eigenvalue weighted by molar-refractivity contribution is -0.907. The van der Waals surface area contributed by atoms with Gasteiger partial charge in [-0.05, 0) is 46.0 Å². The SMILES string of the molecule is COc1cc2c3c(c4ccc(OC)c(OC)c4c2cc1OC)C[N+]1([O-])CCC[C@@H]1C3. The average molecular weight is 409 g/mol. The van der Waals surface area contributed by atoms with E-state index in [9.17, 15) is 5.21 Å². The number of hydrogen-bond acceptors (Lipinski definition) is 5. The monoisotopic (exact) mass is 409 g/mol. The summed E-state index contributed by atoms with van der Waals surface area (Å²) in [6.45, 7) is 1.19. The minimum atomic E-state index is -0.116. The molecule has 1 unspecified atom stereocenters. The molecule has 158 valence electrons. The van der Waals surface area contributed by atoms with E-state index in [1.807, 2.05) is 18.2 Å². The minimum Gasteiger partial charge on any atom is -0.632 e. The summed E-state index contributed by atoms with van der Waals surface area (Å²) >= 11 is 0. The fourth-order valence-corrected chi connectivity index (χ4v) is 5.51. The molecule has 0 spiro atoms. The third-order valence-electron chi connectivity index (χ3n) is 6.96. The van der Waals surface area contributed by atoms with Gasteiger partial charge in [-0.2, -0.15) is 0 Å². The Kier molecular flexibility index (Phi) is 4.45. The van der Waals surface area contributed by atoms with Gasteiger partial charge in [0.2, 0.25) is 0 Å². The topological polar surface area (TPSA) is 60.0 Å². The molecular formula is C24H27NO5. The fourth-order valence-electron chi connectivity index (χ4n) is 5.51. The molecule has 1 fully saturated rings. The molecule has 1 saturated heterocycles. The van der Waals surface area contributed by atoms with Crippen LogP contribution in [0.1, 0.15) is 24.0 Å². The first-order valence-electron chi connectivity index (χ1n) is 10.4. The van der Waals surface area contributed by atoms with Crippen LogP contribution in [0.2, 0.25) is 0 Å². The minimum absolute atomic E-state index is 0.116. The predicted octanol–water partition coefficient (Wildman–Crippen LogP) is 4.56. The van der Waals surface area contributed by atoms with Crippen molar-refractivity contribution >= 4 is 21.5 Å². The Morgan fingerprint density at radius 3 is 2.20 bits per heavy atom. The number of fused-ring (bicyclic) bond motifs is 7. The molecule has 3 aromatic rings. The molecule has 30 heavy (non-hydrogen) atoms. The number of hydroxylamine groups is 3. The highest BCUT2D eigenvalue weighted by atomic mass is 16.5. The Labute approximate surface area is 176 Å². The van der Waals surface area contributed by atoms with E-state index >= 15 is 0 Å². The molecule has 3 aromatic carbocycles. The molecule has 0 saturated carbocycles. The van der Waals surface area contributed by atoms with E-state index in [1.54, 1.807) is 28.4 Å². The molecule has 6 heteroatoms. The van der Waals surface area contributed by atoms with Gasteiger partial charge in [-0.15, -0.1) is 0 Å². The van der Waals surface area contributed by atoms with Gasteiger partial charge in [-0.1, -0.05) is 0 Å². The number of nitrogens with zero attached hydrogens (tertiary/aromatic N) is 1. The fraction of sp³-hybridized carbons (Fsp3) is 0.417. The predicted molar refractivity (Wildman–Crippen MR) is 117 cm³/mol. The molecule has 2 heterocycles. The molecule has 0 bridgehead atoms. The number of rotatable bonds is 4. The first-order valence-corrected chi connectivity index (χ1v) is 10.4. The maximum atomic E-state index is 13.6. The van der Waals surface area contributed by atoms with Crippen molar-refractivity contribution in [2.24, 2.45) is 0 Å². The Balaban J connectivity index is 1.95. The summed E-state index contributed by atoms with van der Waals surface area (Å²) in [6, 6.07) is 8.19. The molecular weight excluding hydrogens is 382 g/mol. The van der Waals surface area contributed by atoms with Crippen LogP contribution >= 0.6 is 0 Å². The highest BCUT2D eigenvalue weighted by Crippen LogP contribution is 2.49. The first kappa shape index (κ1) is 19.3. The number of hydrogen-bond donors (Lipinski definition) is 0. The van der Waals surface area contributed by atoms with Crippen molar-refractivity contribution < 1.29 is 23.6 Å². The Morgan fingerprint density at radius 2 is 1.53 bits per heavy atom. The zero-order chi connectivity index (χ0) is 21.0. The average Bonchev–Trinajstić information content (AvgIpc) is 3.16. The maximum absolute atomic E-state index is 13.6. The summed E-state index contributed by atoms with van der Waals surface area (Å²) in [5.41, 5.74) is 2.38. The first-order chi connectivity index (χ1) is 14.5. The summed E-state index contributed by atoms with van der Waals surface area (Å²) in [5, 5.41) is 17.7. The highest BCUT2D eigenvalue weighted by Gasteiger charge is 2.41. The molecule has 2 atom stereocenters. The summed E-state index contributed by atoms with van der Waals surface area (Å²) in [5.74, 6) is 2.70. The Morgan fingerprint density at radius 1 is 0.833 bits per heavy atom. The van der Waals surface area contributed by atoms with Gasteiger partial charge in [-0.3, -0.25) is 0 Å². The maximum Gasteiger partial charge on any atom is 0.169 e. The second kappa shape index (κ2) is 6.93. The summed E-state index contributed by atoms with van der Waals surface area (Å²) in [7, 11) is 6.59. The van der Waals surface area contributed by atoms with Gasteiger partial charge in [0.05, 0.1) is 41.0 Å². The van der Waals surface area contributed by atoms with Crippen LogP contribution in [0.5, 0.6) is 23.0 Å². The number of methoxy groups -OCH3 is 4. The molecule has 0 N–H and O–H groups in total. The lowest BCUT2D eigenvalue weighted by Gasteiger charge is -2.48. The highest BCUT2D eigenvalue weighted by molar-refractivity contribution is 6.15. The number of benzene rings is 3. The van der Waals surface area contributed by atoms with Crippen LogP contribution in [0.4, 0.5) is 0 Å². The van der Waals surface area contributed by atoms with Crippen LogP contribution in [0.15, 0.2) is 24.3 Å². The van der Waals surface area contributed by atoms with E-state index in [2.05, 4.69) is 6.07 Å². The van der Waals surface area contributed by atoms with Crippen LogP contribution in [0.25, 0.3) is 21.5 Å². The zero-order valence-corrected chi connectivity index (χ0v) is 17.9. The Bertz CT molecular complexity index is 1160.